The summed E-state index contributed by atoms with van der Waals surface area (Å²) in [4.78, 5) is 14.9. The maximum absolute atomic E-state index is 11.5. The molecule has 2 fully saturated rings. The van der Waals surface area contributed by atoms with E-state index in [4.69, 9.17) is 11.6 Å². The fourth-order valence-corrected chi connectivity index (χ4v) is 5.47. The molecule has 3 nitrogen and oxygen atoms in total. The predicted octanol–water partition coefficient (Wildman–Crippen LogP) is 4.38. The lowest BCUT2D eigenvalue weighted by atomic mass is 9.85. The number of carbonyl (C=O) groups is 1. The first-order valence-electron chi connectivity index (χ1n) is 6.98. The highest BCUT2D eigenvalue weighted by molar-refractivity contribution is 9.10. The SMILES string of the molecule is O=C(O)C1CC2CCCCC2N1Cc1cc(Br)c(Cl)s1. The second-order valence-electron chi connectivity index (χ2n) is 5.71. The first-order valence-corrected chi connectivity index (χ1v) is 8.97. The average molecular weight is 379 g/mol. The van der Waals surface area contributed by atoms with Crippen LogP contribution in [-0.2, 0) is 11.3 Å². The van der Waals surface area contributed by atoms with E-state index >= 15 is 0 Å². The smallest absolute Gasteiger partial charge is 0.320 e. The van der Waals surface area contributed by atoms with Gasteiger partial charge in [-0.2, -0.15) is 0 Å². The molecule has 1 aliphatic heterocycles. The third-order valence-corrected chi connectivity index (χ3v) is 7.00. The summed E-state index contributed by atoms with van der Waals surface area (Å²) in [7, 11) is 0. The van der Waals surface area contributed by atoms with Crippen molar-refractivity contribution in [3.05, 3.63) is 19.8 Å². The molecule has 2 aliphatic rings. The molecule has 1 saturated carbocycles. The number of aliphatic carboxylic acids is 1. The second-order valence-corrected chi connectivity index (χ2v) is 8.30. The molecule has 1 aromatic heterocycles. The van der Waals surface area contributed by atoms with Crippen LogP contribution in [0.1, 0.15) is 37.0 Å². The number of nitrogens with zero attached hydrogens (tertiary/aromatic N) is 1. The van der Waals surface area contributed by atoms with E-state index in [-0.39, 0.29) is 6.04 Å². The largest absolute Gasteiger partial charge is 0.480 e. The molecule has 1 N–H and O–H groups in total. The number of carboxylic acids is 1. The summed E-state index contributed by atoms with van der Waals surface area (Å²) >= 11 is 11.0. The lowest BCUT2D eigenvalue weighted by molar-refractivity contribution is -0.142. The molecule has 3 rings (SSSR count). The standard InChI is InChI=1S/C14H17BrClNO2S/c15-10-6-9(20-13(10)16)7-17-11-4-2-1-3-8(11)5-12(17)14(18)19/h6,8,11-12H,1-5,7H2,(H,18,19). The fourth-order valence-electron chi connectivity index (χ4n) is 3.67. The van der Waals surface area contributed by atoms with Crippen molar-refractivity contribution in [2.24, 2.45) is 5.92 Å². The number of hydrogen-bond donors (Lipinski definition) is 1. The van der Waals surface area contributed by atoms with E-state index in [9.17, 15) is 9.90 Å². The van der Waals surface area contributed by atoms with Gasteiger partial charge < -0.3 is 5.11 Å². The first kappa shape index (κ1) is 14.8. The number of thiophene rings is 1. The van der Waals surface area contributed by atoms with Crippen molar-refractivity contribution in [1.29, 1.82) is 0 Å². The molecule has 0 spiro atoms. The zero-order valence-electron chi connectivity index (χ0n) is 11.0. The summed E-state index contributed by atoms with van der Waals surface area (Å²) < 4.78 is 1.65. The van der Waals surface area contributed by atoms with Crippen LogP contribution in [0.3, 0.4) is 0 Å². The molecule has 3 atom stereocenters. The van der Waals surface area contributed by atoms with Gasteiger partial charge in [-0.25, -0.2) is 0 Å². The Labute approximate surface area is 136 Å². The van der Waals surface area contributed by atoms with E-state index in [1.165, 1.54) is 30.6 Å². The van der Waals surface area contributed by atoms with Gasteiger partial charge in [-0.3, -0.25) is 9.69 Å². The number of rotatable bonds is 3. The lowest BCUT2D eigenvalue weighted by Crippen LogP contribution is -2.41. The maximum Gasteiger partial charge on any atom is 0.320 e. The molecule has 1 saturated heterocycles. The molecule has 2 heterocycles. The fraction of sp³-hybridized carbons (Fsp3) is 0.643. The van der Waals surface area contributed by atoms with Gasteiger partial charge in [0.2, 0.25) is 0 Å². The van der Waals surface area contributed by atoms with E-state index in [0.29, 0.717) is 18.5 Å². The number of hydrogen-bond acceptors (Lipinski definition) is 3. The van der Waals surface area contributed by atoms with E-state index < -0.39 is 5.97 Å². The Morgan fingerprint density at radius 2 is 2.25 bits per heavy atom. The van der Waals surface area contributed by atoms with Gasteiger partial charge in [0.05, 0.1) is 0 Å². The number of fused-ring (bicyclic) bond motifs is 1. The van der Waals surface area contributed by atoms with E-state index in [1.807, 2.05) is 6.07 Å². The summed E-state index contributed by atoms with van der Waals surface area (Å²) in [6.07, 6.45) is 5.59. The first-order chi connectivity index (χ1) is 9.56. The third-order valence-electron chi connectivity index (χ3n) is 4.54. The molecule has 0 bridgehead atoms. The highest BCUT2D eigenvalue weighted by Gasteiger charge is 2.45. The van der Waals surface area contributed by atoms with Crippen LogP contribution in [0.15, 0.2) is 10.5 Å². The molecule has 0 aromatic carbocycles. The molecule has 20 heavy (non-hydrogen) atoms. The second kappa shape index (κ2) is 5.95. The molecule has 0 amide bonds. The van der Waals surface area contributed by atoms with Crippen molar-refractivity contribution in [3.8, 4) is 0 Å². The molecule has 6 heteroatoms. The van der Waals surface area contributed by atoms with Crippen LogP contribution in [-0.4, -0.2) is 28.1 Å². The zero-order valence-corrected chi connectivity index (χ0v) is 14.2. The molecular formula is C14H17BrClNO2S. The maximum atomic E-state index is 11.5. The number of halogens is 2. The highest BCUT2D eigenvalue weighted by atomic mass is 79.9. The lowest BCUT2D eigenvalue weighted by Gasteiger charge is -2.32. The van der Waals surface area contributed by atoms with E-state index in [0.717, 1.165) is 26.5 Å². The molecule has 110 valence electrons. The predicted molar refractivity (Wildman–Crippen MR) is 84.4 cm³/mol. The quantitative estimate of drug-likeness (QED) is 0.848. The van der Waals surface area contributed by atoms with Gasteiger partial charge in [0.25, 0.3) is 0 Å². The molecule has 1 aliphatic carbocycles. The molecule has 1 aromatic rings. The minimum absolute atomic E-state index is 0.331. The van der Waals surface area contributed by atoms with E-state index in [1.54, 1.807) is 0 Å². The van der Waals surface area contributed by atoms with Crippen molar-refractivity contribution >= 4 is 44.8 Å². The molecule has 3 unspecified atom stereocenters. The van der Waals surface area contributed by atoms with Crippen LogP contribution in [0.4, 0.5) is 0 Å². The Morgan fingerprint density at radius 1 is 1.50 bits per heavy atom. The Balaban J connectivity index is 1.81. The normalized spacial score (nSPS) is 30.4. The van der Waals surface area contributed by atoms with Gasteiger partial charge in [0.1, 0.15) is 10.4 Å². The van der Waals surface area contributed by atoms with Crippen LogP contribution in [0.5, 0.6) is 0 Å². The van der Waals surface area contributed by atoms with Gasteiger partial charge in [-0.15, -0.1) is 11.3 Å². The van der Waals surface area contributed by atoms with Crippen LogP contribution in [0.2, 0.25) is 4.34 Å². The number of likely N-dealkylation sites (tertiary alicyclic amines) is 1. The Bertz CT molecular complexity index is 502. The summed E-state index contributed by atoms with van der Waals surface area (Å²) in [6.45, 7) is 0.703. The number of carboxylic acid groups (broad SMARTS) is 1. The monoisotopic (exact) mass is 377 g/mol. The van der Waals surface area contributed by atoms with Gasteiger partial charge in [0.15, 0.2) is 0 Å². The minimum atomic E-state index is -0.680. The highest BCUT2D eigenvalue weighted by Crippen LogP contribution is 2.42. The van der Waals surface area contributed by atoms with Gasteiger partial charge in [0, 0.05) is 21.9 Å². The van der Waals surface area contributed by atoms with Crippen molar-refractivity contribution < 1.29 is 9.90 Å². The summed E-state index contributed by atoms with van der Waals surface area (Å²) in [5.74, 6) is -0.121. The third kappa shape index (κ3) is 2.78. The van der Waals surface area contributed by atoms with E-state index in [2.05, 4.69) is 20.8 Å². The van der Waals surface area contributed by atoms with Crippen LogP contribution in [0, 0.1) is 5.92 Å². The average Bonchev–Trinajstić information content (AvgIpc) is 2.92. The summed E-state index contributed by atoms with van der Waals surface area (Å²) in [5, 5.41) is 9.49. The Morgan fingerprint density at radius 3 is 2.90 bits per heavy atom. The van der Waals surface area contributed by atoms with Gasteiger partial charge in [-0.05, 0) is 47.2 Å². The van der Waals surface area contributed by atoms with Crippen LogP contribution < -0.4 is 0 Å². The summed E-state index contributed by atoms with van der Waals surface area (Å²) in [5.41, 5.74) is 0. The minimum Gasteiger partial charge on any atom is -0.480 e. The van der Waals surface area contributed by atoms with Gasteiger partial charge >= 0.3 is 5.97 Å². The van der Waals surface area contributed by atoms with Crippen molar-refractivity contribution in [2.45, 2.75) is 50.7 Å². The van der Waals surface area contributed by atoms with Crippen LogP contribution in [0.25, 0.3) is 0 Å². The van der Waals surface area contributed by atoms with Crippen molar-refractivity contribution in [2.75, 3.05) is 0 Å². The van der Waals surface area contributed by atoms with Crippen LogP contribution >= 0.6 is 38.9 Å². The zero-order chi connectivity index (χ0) is 14.3. The van der Waals surface area contributed by atoms with Gasteiger partial charge in [-0.1, -0.05) is 24.4 Å². The summed E-state index contributed by atoms with van der Waals surface area (Å²) in [6, 6.07) is 2.12. The Kier molecular flexibility index (Phi) is 4.41. The molecule has 0 radical (unpaired) electrons. The topological polar surface area (TPSA) is 40.5 Å². The van der Waals surface area contributed by atoms with Crippen molar-refractivity contribution in [3.63, 3.8) is 0 Å². The van der Waals surface area contributed by atoms with Crippen molar-refractivity contribution in [1.82, 2.24) is 4.90 Å². The molecular weight excluding hydrogens is 362 g/mol. The Hall–Kier alpha value is -0.100.